The Morgan fingerprint density at radius 1 is 0.481 bits per heavy atom. The first-order valence-corrected chi connectivity index (χ1v) is 15.2. The Morgan fingerprint density at radius 2 is 0.889 bits per heavy atom. The van der Waals surface area contributed by atoms with Gasteiger partial charge in [0, 0.05) is 0 Å². The van der Waals surface area contributed by atoms with Crippen LogP contribution in [-0.2, 0) is 0 Å². The third kappa shape index (κ3) is 3.23. The number of aryl methyl sites for hydroxylation is 2. The first kappa shape index (κ1) is 18.1. The SMILES string of the molecule is Cc1ccc(C)[c]([Sn]([c]2ccccc2)([c]2ccccc2)[c]2ccccc2)c1. The van der Waals surface area contributed by atoms with Crippen LogP contribution in [0.2, 0.25) is 0 Å². The predicted octanol–water partition coefficient (Wildman–Crippen LogP) is 3.68. The van der Waals surface area contributed by atoms with Crippen molar-refractivity contribution in [1.29, 1.82) is 0 Å². The van der Waals surface area contributed by atoms with Crippen molar-refractivity contribution in [3.8, 4) is 0 Å². The molecule has 0 heterocycles. The molecule has 0 aliphatic rings. The average molecular weight is 455 g/mol. The molecule has 0 nitrogen and oxygen atoms in total. The number of hydrogen-bond acceptors (Lipinski definition) is 0. The molecule has 0 unspecified atom stereocenters. The molecular formula is C26H24Sn. The van der Waals surface area contributed by atoms with Gasteiger partial charge in [-0.25, -0.2) is 0 Å². The van der Waals surface area contributed by atoms with Crippen molar-refractivity contribution in [3.05, 3.63) is 120 Å². The van der Waals surface area contributed by atoms with Gasteiger partial charge in [0.1, 0.15) is 0 Å². The predicted molar refractivity (Wildman–Crippen MR) is 120 cm³/mol. The van der Waals surface area contributed by atoms with Crippen LogP contribution in [-0.4, -0.2) is 18.4 Å². The van der Waals surface area contributed by atoms with E-state index in [1.54, 1.807) is 3.58 Å². The van der Waals surface area contributed by atoms with Crippen molar-refractivity contribution in [2.45, 2.75) is 13.8 Å². The minimum absolute atomic E-state index is 1.33. The Bertz CT molecular complexity index is 925. The van der Waals surface area contributed by atoms with Crippen LogP contribution in [0.15, 0.2) is 109 Å². The molecule has 0 radical (unpaired) electrons. The van der Waals surface area contributed by atoms with Crippen molar-refractivity contribution in [3.63, 3.8) is 0 Å². The molecule has 0 spiro atoms. The fraction of sp³-hybridized carbons (Fsp3) is 0.0769. The van der Waals surface area contributed by atoms with Gasteiger partial charge in [0.25, 0.3) is 0 Å². The summed E-state index contributed by atoms with van der Waals surface area (Å²) in [5, 5.41) is 0. The molecule has 4 rings (SSSR count). The van der Waals surface area contributed by atoms with Gasteiger partial charge in [0.2, 0.25) is 0 Å². The van der Waals surface area contributed by atoms with Crippen LogP contribution in [0.25, 0.3) is 0 Å². The monoisotopic (exact) mass is 456 g/mol. The Labute approximate surface area is 166 Å². The van der Waals surface area contributed by atoms with Gasteiger partial charge in [0.15, 0.2) is 0 Å². The summed E-state index contributed by atoms with van der Waals surface area (Å²) >= 11 is -3.41. The first-order valence-electron chi connectivity index (χ1n) is 9.47. The van der Waals surface area contributed by atoms with Gasteiger partial charge in [0.05, 0.1) is 0 Å². The molecule has 4 aromatic rings. The molecule has 0 bridgehead atoms. The summed E-state index contributed by atoms with van der Waals surface area (Å²) in [5.41, 5.74) is 2.73. The quantitative estimate of drug-likeness (QED) is 0.412. The molecule has 0 saturated carbocycles. The van der Waals surface area contributed by atoms with Gasteiger partial charge in [-0.2, -0.15) is 0 Å². The van der Waals surface area contributed by atoms with Gasteiger partial charge in [-0.3, -0.25) is 0 Å². The topological polar surface area (TPSA) is 0 Å². The summed E-state index contributed by atoms with van der Waals surface area (Å²) in [4.78, 5) is 0. The molecule has 27 heavy (non-hydrogen) atoms. The molecule has 1 heteroatoms. The van der Waals surface area contributed by atoms with E-state index >= 15 is 0 Å². The summed E-state index contributed by atoms with van der Waals surface area (Å²) in [6, 6.07) is 40.6. The van der Waals surface area contributed by atoms with Crippen LogP contribution in [0, 0.1) is 13.8 Å². The van der Waals surface area contributed by atoms with E-state index in [0.717, 1.165) is 0 Å². The summed E-state index contributed by atoms with van der Waals surface area (Å²) in [6.45, 7) is 4.48. The van der Waals surface area contributed by atoms with Crippen molar-refractivity contribution in [2.24, 2.45) is 0 Å². The van der Waals surface area contributed by atoms with Gasteiger partial charge in [-0.15, -0.1) is 0 Å². The third-order valence-corrected chi connectivity index (χ3v) is 19.5. The minimum atomic E-state index is -3.41. The van der Waals surface area contributed by atoms with E-state index in [9.17, 15) is 0 Å². The molecule has 0 aromatic heterocycles. The second kappa shape index (κ2) is 7.74. The molecule has 0 atom stereocenters. The molecule has 0 saturated heterocycles. The third-order valence-electron chi connectivity index (χ3n) is 5.42. The maximum atomic E-state index is 2.44. The van der Waals surface area contributed by atoms with Crippen molar-refractivity contribution < 1.29 is 0 Å². The fourth-order valence-electron chi connectivity index (χ4n) is 4.17. The Hall–Kier alpha value is -2.32. The second-order valence-electron chi connectivity index (χ2n) is 7.17. The number of hydrogen-bond donors (Lipinski definition) is 0. The van der Waals surface area contributed by atoms with E-state index in [2.05, 4.69) is 123 Å². The van der Waals surface area contributed by atoms with Gasteiger partial charge >= 0.3 is 167 Å². The van der Waals surface area contributed by atoms with Crippen molar-refractivity contribution in [1.82, 2.24) is 0 Å². The zero-order chi connectivity index (χ0) is 18.7. The summed E-state index contributed by atoms with van der Waals surface area (Å²) in [5.74, 6) is 0. The van der Waals surface area contributed by atoms with Crippen LogP contribution in [0.1, 0.15) is 11.1 Å². The van der Waals surface area contributed by atoms with Crippen molar-refractivity contribution in [2.75, 3.05) is 0 Å². The second-order valence-corrected chi connectivity index (χ2v) is 17.9. The molecule has 0 amide bonds. The van der Waals surface area contributed by atoms with Crippen LogP contribution in [0.3, 0.4) is 0 Å². The molecule has 0 aliphatic heterocycles. The molecule has 132 valence electrons. The van der Waals surface area contributed by atoms with Gasteiger partial charge in [-0.1, -0.05) is 0 Å². The van der Waals surface area contributed by atoms with E-state index in [1.807, 2.05) is 0 Å². The van der Waals surface area contributed by atoms with Crippen LogP contribution in [0.5, 0.6) is 0 Å². The van der Waals surface area contributed by atoms with E-state index in [1.165, 1.54) is 21.9 Å². The van der Waals surface area contributed by atoms with Gasteiger partial charge < -0.3 is 0 Å². The molecule has 0 aliphatic carbocycles. The summed E-state index contributed by atoms with van der Waals surface area (Å²) in [6.07, 6.45) is 0. The van der Waals surface area contributed by atoms with E-state index in [-0.39, 0.29) is 0 Å². The molecule has 0 fully saturated rings. The number of rotatable bonds is 4. The first-order chi connectivity index (χ1) is 13.2. The molecule has 0 N–H and O–H groups in total. The zero-order valence-electron chi connectivity index (χ0n) is 15.9. The van der Waals surface area contributed by atoms with Crippen LogP contribution in [0.4, 0.5) is 0 Å². The zero-order valence-corrected chi connectivity index (χ0v) is 18.7. The standard InChI is InChI=1S/C8H9.3C6H5.Sn/c1-7-3-5-8(2)6-4-7;3*1-2-4-6-5-3-1;/h3-5H,1-2H3;3*1-5H;. The van der Waals surface area contributed by atoms with E-state index < -0.39 is 18.4 Å². The van der Waals surface area contributed by atoms with Crippen LogP contribution >= 0.6 is 0 Å². The normalized spacial score (nSPS) is 11.3. The Balaban J connectivity index is 2.18. The average Bonchev–Trinajstić information content (AvgIpc) is 2.73. The Morgan fingerprint density at radius 3 is 1.30 bits per heavy atom. The van der Waals surface area contributed by atoms with Gasteiger partial charge in [-0.05, 0) is 0 Å². The van der Waals surface area contributed by atoms with E-state index in [0.29, 0.717) is 0 Å². The fourth-order valence-corrected chi connectivity index (χ4v) is 18.8. The molecular weight excluding hydrogens is 431 g/mol. The van der Waals surface area contributed by atoms with E-state index in [4.69, 9.17) is 0 Å². The summed E-state index contributed by atoms with van der Waals surface area (Å²) < 4.78 is 6.04. The maximum absolute atomic E-state index is 3.41. The summed E-state index contributed by atoms with van der Waals surface area (Å²) in [7, 11) is 0. The van der Waals surface area contributed by atoms with Crippen molar-refractivity contribution >= 4 is 32.7 Å². The number of benzene rings is 4. The molecule has 4 aromatic carbocycles. The van der Waals surface area contributed by atoms with Crippen LogP contribution < -0.4 is 14.3 Å². The Kier molecular flexibility index (Phi) is 5.17.